The largest absolute Gasteiger partial charge is 0.497 e. The maximum Gasteiger partial charge on any atom is 0.250 e. The summed E-state index contributed by atoms with van der Waals surface area (Å²) >= 11 is 1.46. The predicted molar refractivity (Wildman–Crippen MR) is 112 cm³/mol. The minimum Gasteiger partial charge on any atom is -0.497 e. The molecule has 0 atom stereocenters. The third-order valence-electron chi connectivity index (χ3n) is 4.45. The molecule has 0 unspecified atom stereocenters. The zero-order chi connectivity index (χ0) is 18.9. The fourth-order valence-electron chi connectivity index (χ4n) is 2.96. The number of hydrogen-bond donors (Lipinski definition) is 1. The number of thioether (sulfide) groups is 1. The molecule has 3 rings (SSSR count). The third-order valence-corrected chi connectivity index (χ3v) is 5.46. The highest BCUT2D eigenvalue weighted by molar-refractivity contribution is 8.00. The van der Waals surface area contributed by atoms with E-state index >= 15 is 0 Å². The molecule has 0 aromatic heterocycles. The Morgan fingerprint density at radius 1 is 1.11 bits per heavy atom. The molecule has 6 heteroatoms. The van der Waals surface area contributed by atoms with Crippen molar-refractivity contribution in [2.45, 2.75) is 24.2 Å². The van der Waals surface area contributed by atoms with Gasteiger partial charge in [-0.15, -0.1) is 11.8 Å². The molecule has 1 aliphatic heterocycles. The van der Waals surface area contributed by atoms with Gasteiger partial charge in [0.2, 0.25) is 5.91 Å². The number of hydrogen-bond acceptors (Lipinski definition) is 5. The van der Waals surface area contributed by atoms with Gasteiger partial charge in [0.05, 0.1) is 19.1 Å². The first-order valence-electron chi connectivity index (χ1n) is 9.18. The molecule has 1 saturated heterocycles. The number of nitrogens with one attached hydrogen (secondary N) is 1. The lowest BCUT2D eigenvalue weighted by molar-refractivity contribution is -0.118. The van der Waals surface area contributed by atoms with Crippen molar-refractivity contribution < 1.29 is 9.53 Å². The zero-order valence-electron chi connectivity index (χ0n) is 15.6. The molecule has 142 valence electrons. The van der Waals surface area contributed by atoms with Crippen LogP contribution in [0.5, 0.6) is 5.75 Å². The second kappa shape index (κ2) is 10.0. The summed E-state index contributed by atoms with van der Waals surface area (Å²) in [6, 6.07) is 15.9. The lowest BCUT2D eigenvalue weighted by Crippen LogP contribution is -2.29. The van der Waals surface area contributed by atoms with Crippen LogP contribution in [0.1, 0.15) is 24.8 Å². The number of benzene rings is 2. The fourth-order valence-corrected chi connectivity index (χ4v) is 3.65. The van der Waals surface area contributed by atoms with Gasteiger partial charge in [0.25, 0.3) is 0 Å². The number of amides is 1. The fraction of sp³-hybridized carbons (Fsp3) is 0.333. The van der Waals surface area contributed by atoms with Crippen molar-refractivity contribution in [2.75, 3.05) is 30.9 Å². The maximum absolute atomic E-state index is 11.9. The van der Waals surface area contributed by atoms with Crippen LogP contribution >= 0.6 is 11.8 Å². The van der Waals surface area contributed by atoms with Gasteiger partial charge in [0.1, 0.15) is 5.75 Å². The number of methoxy groups -OCH3 is 1. The van der Waals surface area contributed by atoms with Crippen molar-refractivity contribution in [1.29, 1.82) is 0 Å². The van der Waals surface area contributed by atoms with E-state index in [1.807, 2.05) is 36.4 Å². The Balaban J connectivity index is 1.43. The standard InChI is InChI=1S/C21H25N3O2S/c1-26-19-9-11-20(12-10-19)27-16-21(25)23-22-15-17-5-7-18(8-6-17)24-13-3-2-4-14-24/h5-12,15H,2-4,13-14,16H2,1H3,(H,23,25)/b22-15+. The maximum atomic E-state index is 11.9. The van der Waals surface area contributed by atoms with Crippen LogP contribution < -0.4 is 15.1 Å². The molecule has 1 fully saturated rings. The van der Waals surface area contributed by atoms with E-state index in [-0.39, 0.29) is 5.91 Å². The highest BCUT2D eigenvalue weighted by Gasteiger charge is 2.10. The van der Waals surface area contributed by atoms with E-state index in [9.17, 15) is 4.79 Å². The number of rotatable bonds is 7. The van der Waals surface area contributed by atoms with Crippen LogP contribution in [-0.4, -0.2) is 38.1 Å². The van der Waals surface area contributed by atoms with Crippen LogP contribution in [0.4, 0.5) is 5.69 Å². The van der Waals surface area contributed by atoms with Gasteiger partial charge in [-0.05, 0) is 61.2 Å². The molecule has 27 heavy (non-hydrogen) atoms. The van der Waals surface area contributed by atoms with Crippen LogP contribution in [0.2, 0.25) is 0 Å². The minimum atomic E-state index is -0.128. The molecule has 0 aliphatic carbocycles. The van der Waals surface area contributed by atoms with Crippen LogP contribution in [0, 0.1) is 0 Å². The molecule has 1 heterocycles. The highest BCUT2D eigenvalue weighted by atomic mass is 32.2. The second-order valence-corrected chi connectivity index (χ2v) is 7.45. The summed E-state index contributed by atoms with van der Waals surface area (Å²) in [5.74, 6) is 0.995. The van der Waals surface area contributed by atoms with Crippen molar-refractivity contribution in [3.63, 3.8) is 0 Å². The lowest BCUT2D eigenvalue weighted by Gasteiger charge is -2.28. The van der Waals surface area contributed by atoms with E-state index in [4.69, 9.17) is 4.74 Å². The average molecular weight is 384 g/mol. The Morgan fingerprint density at radius 2 is 1.81 bits per heavy atom. The molecule has 0 radical (unpaired) electrons. The normalized spacial score (nSPS) is 14.3. The van der Waals surface area contributed by atoms with Gasteiger partial charge >= 0.3 is 0 Å². The number of piperidine rings is 1. The molecule has 0 bridgehead atoms. The molecular formula is C21H25N3O2S. The SMILES string of the molecule is COc1ccc(SCC(=O)N/N=C/c2ccc(N3CCCCC3)cc2)cc1. The number of carbonyl (C=O) groups excluding carboxylic acids is 1. The van der Waals surface area contributed by atoms with Gasteiger partial charge in [0.15, 0.2) is 0 Å². The molecular weight excluding hydrogens is 358 g/mol. The van der Waals surface area contributed by atoms with Gasteiger partial charge < -0.3 is 9.64 Å². The summed E-state index contributed by atoms with van der Waals surface area (Å²) in [4.78, 5) is 15.3. The third kappa shape index (κ3) is 6.03. The van der Waals surface area contributed by atoms with Crippen molar-refractivity contribution in [3.8, 4) is 5.75 Å². The van der Waals surface area contributed by atoms with E-state index in [0.717, 1.165) is 29.3 Å². The van der Waals surface area contributed by atoms with Crippen LogP contribution in [0.3, 0.4) is 0 Å². The minimum absolute atomic E-state index is 0.128. The Labute approximate surface area is 164 Å². The van der Waals surface area contributed by atoms with Gasteiger partial charge in [-0.2, -0.15) is 5.10 Å². The molecule has 2 aromatic rings. The van der Waals surface area contributed by atoms with Crippen molar-refractivity contribution in [1.82, 2.24) is 5.43 Å². The molecule has 1 N–H and O–H groups in total. The van der Waals surface area contributed by atoms with Gasteiger partial charge in [0, 0.05) is 23.7 Å². The number of carbonyl (C=O) groups is 1. The molecule has 0 spiro atoms. The summed E-state index contributed by atoms with van der Waals surface area (Å²) in [5.41, 5.74) is 4.80. The second-order valence-electron chi connectivity index (χ2n) is 6.40. The van der Waals surface area contributed by atoms with E-state index in [2.05, 4.69) is 27.6 Å². The van der Waals surface area contributed by atoms with Gasteiger partial charge in [-0.25, -0.2) is 5.43 Å². The van der Waals surface area contributed by atoms with Crippen molar-refractivity contribution in [3.05, 3.63) is 54.1 Å². The summed E-state index contributed by atoms with van der Waals surface area (Å²) in [6.07, 6.45) is 5.54. The number of hydrazone groups is 1. The number of ether oxygens (including phenoxy) is 1. The topological polar surface area (TPSA) is 53.9 Å². The summed E-state index contributed by atoms with van der Waals surface area (Å²) in [7, 11) is 1.63. The Kier molecular flexibility index (Phi) is 7.16. The molecule has 1 amide bonds. The summed E-state index contributed by atoms with van der Waals surface area (Å²) in [6.45, 7) is 2.27. The smallest absolute Gasteiger partial charge is 0.250 e. The quantitative estimate of drug-likeness (QED) is 0.447. The van der Waals surface area contributed by atoms with Crippen LogP contribution in [-0.2, 0) is 4.79 Å². The van der Waals surface area contributed by atoms with Crippen LogP contribution in [0.15, 0.2) is 58.5 Å². The molecule has 1 aliphatic rings. The van der Waals surface area contributed by atoms with Crippen molar-refractivity contribution >= 4 is 29.6 Å². The summed E-state index contributed by atoms with van der Waals surface area (Å²) in [5, 5.41) is 4.05. The first kappa shape index (κ1) is 19.3. The summed E-state index contributed by atoms with van der Waals surface area (Å²) < 4.78 is 5.12. The lowest BCUT2D eigenvalue weighted by atomic mass is 10.1. The first-order valence-corrected chi connectivity index (χ1v) is 10.2. The predicted octanol–water partition coefficient (Wildman–Crippen LogP) is 3.93. The van der Waals surface area contributed by atoms with E-state index < -0.39 is 0 Å². The molecule has 5 nitrogen and oxygen atoms in total. The Bertz CT molecular complexity index is 754. The first-order chi connectivity index (χ1) is 13.2. The number of nitrogens with zero attached hydrogens (tertiary/aromatic N) is 2. The Hall–Kier alpha value is -2.47. The van der Waals surface area contributed by atoms with E-state index in [1.54, 1.807) is 13.3 Å². The Morgan fingerprint density at radius 3 is 2.48 bits per heavy atom. The molecule has 0 saturated carbocycles. The molecule has 2 aromatic carbocycles. The van der Waals surface area contributed by atoms with Crippen molar-refractivity contribution in [2.24, 2.45) is 5.10 Å². The highest BCUT2D eigenvalue weighted by Crippen LogP contribution is 2.21. The average Bonchev–Trinajstić information content (AvgIpc) is 2.74. The van der Waals surface area contributed by atoms with Gasteiger partial charge in [-0.3, -0.25) is 4.79 Å². The number of anilines is 1. The van der Waals surface area contributed by atoms with E-state index in [1.165, 1.54) is 36.7 Å². The van der Waals surface area contributed by atoms with Crippen LogP contribution in [0.25, 0.3) is 0 Å². The van der Waals surface area contributed by atoms with Gasteiger partial charge in [-0.1, -0.05) is 12.1 Å². The zero-order valence-corrected chi connectivity index (χ0v) is 16.4. The van der Waals surface area contributed by atoms with E-state index in [0.29, 0.717) is 5.75 Å². The monoisotopic (exact) mass is 383 g/mol.